The van der Waals surface area contributed by atoms with Crippen LogP contribution in [0.3, 0.4) is 0 Å². The van der Waals surface area contributed by atoms with E-state index in [4.69, 9.17) is 28.4 Å². The van der Waals surface area contributed by atoms with Crippen LogP contribution in [0, 0.1) is 5.82 Å². The number of hydrogen-bond acceptors (Lipinski definition) is 3. The van der Waals surface area contributed by atoms with Crippen LogP contribution in [-0.2, 0) is 6.42 Å². The number of halogens is 1. The summed E-state index contributed by atoms with van der Waals surface area (Å²) in [6, 6.07) is 2.44. The molecule has 0 aliphatic rings. The Morgan fingerprint density at radius 2 is 2.12 bits per heavy atom. The predicted octanol–water partition coefficient (Wildman–Crippen LogP) is 0.762. The van der Waals surface area contributed by atoms with E-state index in [1.807, 2.05) is 0 Å². The van der Waals surface area contributed by atoms with Gasteiger partial charge in [0.25, 0.3) is 0 Å². The minimum atomic E-state index is -0.717. The molecule has 0 unspecified atom stereocenters. The molecule has 6 heteroatoms. The zero-order valence-corrected chi connectivity index (χ0v) is 9.44. The van der Waals surface area contributed by atoms with E-state index < -0.39 is 11.7 Å². The summed E-state index contributed by atoms with van der Waals surface area (Å²) in [7, 11) is 1.32. The quantitative estimate of drug-likeness (QED) is 0.764. The fourth-order valence-corrected chi connectivity index (χ4v) is 1.50. The van der Waals surface area contributed by atoms with E-state index in [2.05, 4.69) is 0 Å². The summed E-state index contributed by atoms with van der Waals surface area (Å²) in [5.74, 6) is -1.35. The van der Waals surface area contributed by atoms with Gasteiger partial charge in [0.15, 0.2) is 11.6 Å². The Hall–Kier alpha value is -1.69. The molecule has 0 saturated heterocycles. The third-order valence-electron chi connectivity index (χ3n) is 1.97. The van der Waals surface area contributed by atoms with Gasteiger partial charge < -0.3 is 16.2 Å². The zero-order chi connectivity index (χ0) is 12.3. The predicted molar refractivity (Wildman–Crippen MR) is 62.0 cm³/mol. The molecule has 1 amide bonds. The molecular formula is C10H11FN2O2S. The second-order valence-corrected chi connectivity index (χ2v) is 3.68. The first-order valence-electron chi connectivity index (χ1n) is 4.40. The molecule has 4 nitrogen and oxygen atoms in total. The van der Waals surface area contributed by atoms with E-state index in [1.54, 1.807) is 0 Å². The molecule has 1 aromatic carbocycles. The van der Waals surface area contributed by atoms with Crippen molar-refractivity contribution in [3.63, 3.8) is 0 Å². The molecule has 0 saturated carbocycles. The molecule has 86 valence electrons. The average Bonchev–Trinajstić information content (AvgIpc) is 2.16. The first-order chi connectivity index (χ1) is 7.45. The average molecular weight is 242 g/mol. The van der Waals surface area contributed by atoms with Crippen molar-refractivity contribution < 1.29 is 13.9 Å². The Labute approximate surface area is 97.4 Å². The molecule has 0 fully saturated rings. The summed E-state index contributed by atoms with van der Waals surface area (Å²) in [4.78, 5) is 11.1. The minimum Gasteiger partial charge on any atom is -0.493 e. The van der Waals surface area contributed by atoms with Crippen LogP contribution >= 0.6 is 12.2 Å². The number of nitrogens with two attached hydrogens (primary N) is 2. The molecule has 0 aliphatic carbocycles. The topological polar surface area (TPSA) is 78.3 Å². The molecule has 1 aromatic rings. The number of carbonyl (C=O) groups excluding carboxylic acids is 1. The lowest BCUT2D eigenvalue weighted by molar-refractivity contribution is 0.0999. The summed E-state index contributed by atoms with van der Waals surface area (Å²) in [5, 5.41) is 0. The fourth-order valence-electron chi connectivity index (χ4n) is 1.34. The Kier molecular flexibility index (Phi) is 3.78. The van der Waals surface area contributed by atoms with Gasteiger partial charge >= 0.3 is 0 Å². The molecule has 0 radical (unpaired) electrons. The van der Waals surface area contributed by atoms with Gasteiger partial charge in [-0.05, 0) is 12.1 Å². The molecule has 4 N–H and O–H groups in total. The number of rotatable bonds is 4. The number of thiocarbonyl (C=S) groups is 1. The van der Waals surface area contributed by atoms with E-state index >= 15 is 0 Å². The van der Waals surface area contributed by atoms with Gasteiger partial charge in [-0.15, -0.1) is 0 Å². The second kappa shape index (κ2) is 4.89. The highest BCUT2D eigenvalue weighted by Crippen LogP contribution is 2.24. The molecule has 0 aromatic heterocycles. The Morgan fingerprint density at radius 3 is 2.56 bits per heavy atom. The summed E-state index contributed by atoms with van der Waals surface area (Å²) in [6.45, 7) is 0. The number of carbonyl (C=O) groups is 1. The molecule has 0 spiro atoms. The third-order valence-corrected chi connectivity index (χ3v) is 2.12. The lowest BCUT2D eigenvalue weighted by Crippen LogP contribution is -2.15. The fraction of sp³-hybridized carbons (Fsp3) is 0.200. The van der Waals surface area contributed by atoms with Gasteiger partial charge in [0.1, 0.15) is 0 Å². The molecular weight excluding hydrogens is 231 g/mol. The third kappa shape index (κ3) is 2.66. The SMILES string of the molecule is COc1c(F)cc(C(N)=O)cc1CC(N)=S. The molecule has 0 bridgehead atoms. The Morgan fingerprint density at radius 1 is 1.50 bits per heavy atom. The van der Waals surface area contributed by atoms with E-state index in [9.17, 15) is 9.18 Å². The van der Waals surface area contributed by atoms with Crippen molar-refractivity contribution in [2.45, 2.75) is 6.42 Å². The van der Waals surface area contributed by atoms with Crippen LogP contribution < -0.4 is 16.2 Å². The Bertz CT molecular complexity index is 449. The van der Waals surface area contributed by atoms with Crippen molar-refractivity contribution in [1.82, 2.24) is 0 Å². The van der Waals surface area contributed by atoms with Gasteiger partial charge in [-0.3, -0.25) is 4.79 Å². The second-order valence-electron chi connectivity index (χ2n) is 3.16. The van der Waals surface area contributed by atoms with E-state index in [1.165, 1.54) is 13.2 Å². The number of benzene rings is 1. The van der Waals surface area contributed by atoms with Gasteiger partial charge in [0.2, 0.25) is 5.91 Å². The van der Waals surface area contributed by atoms with Gasteiger partial charge in [0.05, 0.1) is 12.1 Å². The summed E-state index contributed by atoms with van der Waals surface area (Å²) in [5.41, 5.74) is 10.9. The van der Waals surface area contributed by atoms with Crippen LogP contribution in [0.1, 0.15) is 15.9 Å². The highest BCUT2D eigenvalue weighted by Gasteiger charge is 2.14. The van der Waals surface area contributed by atoms with Gasteiger partial charge in [0, 0.05) is 17.5 Å². The van der Waals surface area contributed by atoms with Gasteiger partial charge in [-0.2, -0.15) is 0 Å². The van der Waals surface area contributed by atoms with Crippen molar-refractivity contribution in [1.29, 1.82) is 0 Å². The first-order valence-corrected chi connectivity index (χ1v) is 4.81. The molecule has 0 heterocycles. The van der Waals surface area contributed by atoms with Gasteiger partial charge in [-0.25, -0.2) is 4.39 Å². The molecule has 0 atom stereocenters. The van der Waals surface area contributed by atoms with Crippen molar-refractivity contribution in [3.05, 3.63) is 29.1 Å². The lowest BCUT2D eigenvalue weighted by atomic mass is 10.1. The minimum absolute atomic E-state index is 0.0257. The Balaban J connectivity index is 3.30. The smallest absolute Gasteiger partial charge is 0.248 e. The molecule has 1 rings (SSSR count). The molecule has 16 heavy (non-hydrogen) atoms. The first kappa shape index (κ1) is 12.4. The highest BCUT2D eigenvalue weighted by molar-refractivity contribution is 7.80. The summed E-state index contributed by atoms with van der Waals surface area (Å²) in [6.07, 6.45) is 0.149. The largest absolute Gasteiger partial charge is 0.493 e. The maximum Gasteiger partial charge on any atom is 0.248 e. The van der Waals surface area contributed by atoms with Crippen LogP contribution in [0.4, 0.5) is 4.39 Å². The van der Waals surface area contributed by atoms with Crippen LogP contribution in [0.25, 0.3) is 0 Å². The van der Waals surface area contributed by atoms with Crippen molar-refractivity contribution in [2.24, 2.45) is 11.5 Å². The maximum absolute atomic E-state index is 13.5. The van der Waals surface area contributed by atoms with Crippen molar-refractivity contribution >= 4 is 23.1 Å². The summed E-state index contributed by atoms with van der Waals surface area (Å²) >= 11 is 4.72. The summed E-state index contributed by atoms with van der Waals surface area (Å²) < 4.78 is 18.4. The monoisotopic (exact) mass is 242 g/mol. The number of primary amides is 1. The maximum atomic E-state index is 13.5. The number of ether oxygens (including phenoxy) is 1. The lowest BCUT2D eigenvalue weighted by Gasteiger charge is -2.10. The van der Waals surface area contributed by atoms with E-state index in [-0.39, 0.29) is 22.7 Å². The standard InChI is InChI=1S/C10H11FN2O2S/c1-15-9-5(4-8(12)16)2-6(10(13)14)3-7(9)11/h2-3H,4H2,1H3,(H2,12,16)(H2,13,14). The van der Waals surface area contributed by atoms with Crippen LogP contribution in [0.2, 0.25) is 0 Å². The van der Waals surface area contributed by atoms with Crippen molar-refractivity contribution in [2.75, 3.05) is 7.11 Å². The highest BCUT2D eigenvalue weighted by atomic mass is 32.1. The zero-order valence-electron chi connectivity index (χ0n) is 8.62. The van der Waals surface area contributed by atoms with E-state index in [0.717, 1.165) is 6.07 Å². The van der Waals surface area contributed by atoms with Crippen molar-refractivity contribution in [3.8, 4) is 5.75 Å². The molecule has 0 aliphatic heterocycles. The normalized spacial score (nSPS) is 9.88. The van der Waals surface area contributed by atoms with Gasteiger partial charge in [-0.1, -0.05) is 12.2 Å². The number of methoxy groups -OCH3 is 1. The van der Waals surface area contributed by atoms with Crippen LogP contribution in [0.5, 0.6) is 5.75 Å². The van der Waals surface area contributed by atoms with Crippen LogP contribution in [-0.4, -0.2) is 18.0 Å². The number of hydrogen-bond donors (Lipinski definition) is 2. The van der Waals surface area contributed by atoms with E-state index in [0.29, 0.717) is 5.56 Å². The van der Waals surface area contributed by atoms with Crippen LogP contribution in [0.15, 0.2) is 12.1 Å². The number of amides is 1.